The summed E-state index contributed by atoms with van der Waals surface area (Å²) in [5.74, 6) is -0.821. The van der Waals surface area contributed by atoms with Gasteiger partial charge in [-0.3, -0.25) is 4.90 Å². The molecule has 36 heavy (non-hydrogen) atoms. The summed E-state index contributed by atoms with van der Waals surface area (Å²) in [5, 5.41) is 0.0455. The molecule has 0 fully saturated rings. The Hall–Kier alpha value is -2.02. The normalized spacial score (nSPS) is 15.4. The van der Waals surface area contributed by atoms with Crippen LogP contribution in [0, 0.1) is 0 Å². The fourth-order valence-electron chi connectivity index (χ4n) is 3.91. The van der Waals surface area contributed by atoms with Crippen LogP contribution in [0.1, 0.15) is 72.1 Å². The van der Waals surface area contributed by atoms with E-state index in [1.807, 2.05) is 60.7 Å². The lowest BCUT2D eigenvalue weighted by atomic mass is 9.99. The Labute approximate surface area is 219 Å². The zero-order valence-corrected chi connectivity index (χ0v) is 24.7. The lowest BCUT2D eigenvalue weighted by Crippen LogP contribution is -2.49. The molecule has 2 rings (SSSR count). The lowest BCUT2D eigenvalue weighted by molar-refractivity contribution is -0.164. The van der Waals surface area contributed by atoms with Crippen molar-refractivity contribution in [2.24, 2.45) is 0 Å². The van der Waals surface area contributed by atoms with Crippen LogP contribution in [0.3, 0.4) is 0 Å². The zero-order chi connectivity index (χ0) is 27.1. The first-order chi connectivity index (χ1) is 16.6. The summed E-state index contributed by atoms with van der Waals surface area (Å²) in [5.41, 5.74) is 1.37. The fourth-order valence-corrected chi connectivity index (χ4v) is 4.97. The average Bonchev–Trinajstić information content (AvgIpc) is 2.79. The molecule has 0 bridgehead atoms. The van der Waals surface area contributed by atoms with Crippen LogP contribution in [0.2, 0.25) is 18.1 Å². The SMILES string of the molecule is C[C@@H](c1ccccc1)N(Cc1ccccc1)[C@@H](CCO[Si](C)(C)C(C)(C)C)[C@H](F)C(=O)OC(C)(C)C. The number of hydrogen-bond donors (Lipinski definition) is 0. The van der Waals surface area contributed by atoms with Gasteiger partial charge in [0.2, 0.25) is 6.17 Å². The van der Waals surface area contributed by atoms with Crippen molar-refractivity contribution >= 4 is 14.3 Å². The summed E-state index contributed by atoms with van der Waals surface area (Å²) in [6.07, 6.45) is -1.42. The van der Waals surface area contributed by atoms with Crippen LogP contribution >= 0.6 is 0 Å². The van der Waals surface area contributed by atoms with Gasteiger partial charge >= 0.3 is 5.97 Å². The Bertz CT molecular complexity index is 938. The summed E-state index contributed by atoms with van der Waals surface area (Å²) in [6.45, 7) is 19.2. The van der Waals surface area contributed by atoms with E-state index in [2.05, 4.69) is 45.7 Å². The maximum absolute atomic E-state index is 16.1. The van der Waals surface area contributed by atoms with Gasteiger partial charge in [0.05, 0.1) is 6.04 Å². The Morgan fingerprint density at radius 1 is 0.944 bits per heavy atom. The number of benzene rings is 2. The van der Waals surface area contributed by atoms with Crippen molar-refractivity contribution in [2.45, 2.75) is 103 Å². The Morgan fingerprint density at radius 3 is 1.97 bits per heavy atom. The van der Waals surface area contributed by atoms with Gasteiger partial charge in [0, 0.05) is 19.2 Å². The van der Waals surface area contributed by atoms with Crippen LogP contribution in [-0.2, 0) is 20.5 Å². The summed E-state index contributed by atoms with van der Waals surface area (Å²) < 4.78 is 28.0. The predicted molar refractivity (Wildman–Crippen MR) is 149 cm³/mol. The third-order valence-electron chi connectivity index (χ3n) is 7.07. The van der Waals surface area contributed by atoms with E-state index in [0.29, 0.717) is 19.6 Å². The molecule has 0 aliphatic carbocycles. The largest absolute Gasteiger partial charge is 0.458 e. The van der Waals surface area contributed by atoms with Gasteiger partial charge in [-0.2, -0.15) is 0 Å². The first-order valence-electron chi connectivity index (χ1n) is 13.0. The molecule has 0 unspecified atom stereocenters. The summed E-state index contributed by atoms with van der Waals surface area (Å²) in [6, 6.07) is 19.2. The number of halogens is 1. The Kier molecular flexibility index (Phi) is 10.5. The first-order valence-corrected chi connectivity index (χ1v) is 15.9. The molecule has 2 aromatic carbocycles. The van der Waals surface area contributed by atoms with Crippen LogP contribution in [-0.4, -0.2) is 43.6 Å². The number of nitrogens with zero attached hydrogens (tertiary/aromatic N) is 1. The fraction of sp³-hybridized carbons (Fsp3) is 0.567. The van der Waals surface area contributed by atoms with Gasteiger partial charge in [0.1, 0.15) is 5.60 Å². The van der Waals surface area contributed by atoms with Crippen molar-refractivity contribution in [1.29, 1.82) is 0 Å². The van der Waals surface area contributed by atoms with Gasteiger partial charge in [-0.25, -0.2) is 9.18 Å². The van der Waals surface area contributed by atoms with Crippen molar-refractivity contribution in [3.05, 3.63) is 71.8 Å². The van der Waals surface area contributed by atoms with Gasteiger partial charge in [-0.15, -0.1) is 0 Å². The van der Waals surface area contributed by atoms with E-state index >= 15 is 4.39 Å². The first kappa shape index (κ1) is 30.2. The molecule has 0 radical (unpaired) electrons. The molecule has 6 heteroatoms. The highest BCUT2D eigenvalue weighted by Gasteiger charge is 2.40. The van der Waals surface area contributed by atoms with E-state index in [-0.39, 0.29) is 11.1 Å². The third kappa shape index (κ3) is 8.82. The molecule has 0 aliphatic heterocycles. The van der Waals surface area contributed by atoms with Crippen LogP contribution in [0.4, 0.5) is 4.39 Å². The van der Waals surface area contributed by atoms with Crippen LogP contribution in [0.25, 0.3) is 0 Å². The maximum Gasteiger partial charge on any atom is 0.342 e. The molecule has 0 heterocycles. The molecule has 0 N–H and O–H groups in total. The highest BCUT2D eigenvalue weighted by atomic mass is 28.4. The van der Waals surface area contributed by atoms with Crippen LogP contribution in [0.5, 0.6) is 0 Å². The second kappa shape index (κ2) is 12.5. The molecule has 200 valence electrons. The molecule has 0 aromatic heterocycles. The number of alkyl halides is 1. The minimum absolute atomic E-state index is 0.0455. The zero-order valence-electron chi connectivity index (χ0n) is 23.7. The van der Waals surface area contributed by atoms with Crippen molar-refractivity contribution in [3.8, 4) is 0 Å². The molecule has 0 amide bonds. The highest BCUT2D eigenvalue weighted by molar-refractivity contribution is 6.74. The van der Waals surface area contributed by atoms with Crippen molar-refractivity contribution in [2.75, 3.05) is 6.61 Å². The summed E-state index contributed by atoms with van der Waals surface area (Å²) >= 11 is 0. The minimum atomic E-state index is -2.03. The number of rotatable bonds is 11. The van der Waals surface area contributed by atoms with E-state index < -0.39 is 32.1 Å². The van der Waals surface area contributed by atoms with E-state index in [1.165, 1.54) is 0 Å². The molecular weight excluding hydrogens is 469 g/mol. The molecule has 2 aromatic rings. The maximum atomic E-state index is 16.1. The molecule has 0 aliphatic rings. The molecule has 0 spiro atoms. The lowest BCUT2D eigenvalue weighted by Gasteiger charge is -2.40. The third-order valence-corrected chi connectivity index (χ3v) is 11.6. The van der Waals surface area contributed by atoms with Gasteiger partial charge in [0.25, 0.3) is 0 Å². The number of ether oxygens (including phenoxy) is 1. The Morgan fingerprint density at radius 2 is 1.47 bits per heavy atom. The number of carbonyl (C=O) groups is 1. The van der Waals surface area contributed by atoms with Gasteiger partial charge in [-0.05, 0) is 63.4 Å². The molecule has 3 atom stereocenters. The number of esters is 1. The number of carbonyl (C=O) groups excluding carboxylic acids is 1. The van der Waals surface area contributed by atoms with E-state index in [0.717, 1.165) is 11.1 Å². The average molecular weight is 516 g/mol. The second-order valence-corrected chi connectivity index (χ2v) is 17.0. The van der Waals surface area contributed by atoms with Crippen LogP contribution in [0.15, 0.2) is 60.7 Å². The summed E-state index contributed by atoms with van der Waals surface area (Å²) in [4.78, 5) is 15.1. The summed E-state index contributed by atoms with van der Waals surface area (Å²) in [7, 11) is -2.03. The molecule has 4 nitrogen and oxygen atoms in total. The van der Waals surface area contributed by atoms with E-state index in [1.54, 1.807) is 20.8 Å². The van der Waals surface area contributed by atoms with Crippen LogP contribution < -0.4 is 0 Å². The topological polar surface area (TPSA) is 38.8 Å². The molecule has 0 saturated carbocycles. The standard InChI is InChI=1S/C30H46FNO3Si/c1-23(25-18-14-11-15-19-25)32(22-24-16-12-10-13-17-24)26(27(31)28(33)35-29(2,3)4)20-21-34-36(8,9)30(5,6)7/h10-19,23,26-27H,20-22H2,1-9H3/t23-,26-,27-/m0/s1. The van der Waals surface area contributed by atoms with Crippen molar-refractivity contribution in [3.63, 3.8) is 0 Å². The highest BCUT2D eigenvalue weighted by Crippen LogP contribution is 2.37. The van der Waals surface area contributed by atoms with Gasteiger partial charge < -0.3 is 9.16 Å². The van der Waals surface area contributed by atoms with Crippen molar-refractivity contribution in [1.82, 2.24) is 4.90 Å². The smallest absolute Gasteiger partial charge is 0.342 e. The van der Waals surface area contributed by atoms with Crippen molar-refractivity contribution < 1.29 is 18.3 Å². The van der Waals surface area contributed by atoms with E-state index in [9.17, 15) is 4.79 Å². The second-order valence-electron chi connectivity index (χ2n) is 12.1. The quantitative estimate of drug-likeness (QED) is 0.227. The van der Waals surface area contributed by atoms with Gasteiger partial charge in [-0.1, -0.05) is 81.4 Å². The molecule has 0 saturated heterocycles. The molecular formula is C30H46FNO3Si. The van der Waals surface area contributed by atoms with E-state index in [4.69, 9.17) is 9.16 Å². The Balaban J connectivity index is 2.43. The number of hydrogen-bond acceptors (Lipinski definition) is 4. The van der Waals surface area contributed by atoms with Gasteiger partial charge in [0.15, 0.2) is 8.32 Å². The predicted octanol–water partition coefficient (Wildman–Crippen LogP) is 7.71. The monoisotopic (exact) mass is 515 g/mol. The minimum Gasteiger partial charge on any atom is -0.458 e.